The Balaban J connectivity index is 1.65. The van der Waals surface area contributed by atoms with Crippen LogP contribution >= 0.6 is 0 Å². The molecular weight excluding hydrogens is 236 g/mol. The first kappa shape index (κ1) is 13.1. The van der Waals surface area contributed by atoms with Gasteiger partial charge in [-0.25, -0.2) is 0 Å². The van der Waals surface area contributed by atoms with E-state index in [0.29, 0.717) is 6.04 Å². The highest BCUT2D eigenvalue weighted by atomic mass is 16.3. The third kappa shape index (κ3) is 2.69. The van der Waals surface area contributed by atoms with Crippen molar-refractivity contribution in [3.63, 3.8) is 0 Å². The summed E-state index contributed by atoms with van der Waals surface area (Å²) < 4.78 is 0. The van der Waals surface area contributed by atoms with E-state index in [0.717, 1.165) is 12.1 Å². The van der Waals surface area contributed by atoms with Gasteiger partial charge in [-0.1, -0.05) is 30.3 Å². The van der Waals surface area contributed by atoms with Crippen molar-refractivity contribution >= 4 is 0 Å². The van der Waals surface area contributed by atoms with Crippen LogP contribution in [0.5, 0.6) is 0 Å². The third-order valence-corrected chi connectivity index (χ3v) is 4.92. The summed E-state index contributed by atoms with van der Waals surface area (Å²) in [6.07, 6.45) is 5.12. The van der Waals surface area contributed by atoms with E-state index >= 15 is 0 Å². The standard InChI is InChI=1S/C16H24N2O/c1-18-14-7-8-15(18)10-13(9-14)17-16(11-19)12-5-3-2-4-6-12/h2-6,13-17,19H,7-11H2,1H3/t13?,14?,15?,16-/m0/s1. The third-order valence-electron chi connectivity index (χ3n) is 4.92. The van der Waals surface area contributed by atoms with Crippen LogP contribution in [-0.4, -0.2) is 41.8 Å². The van der Waals surface area contributed by atoms with Gasteiger partial charge >= 0.3 is 0 Å². The van der Waals surface area contributed by atoms with E-state index in [1.165, 1.54) is 31.2 Å². The molecule has 2 aliphatic rings. The van der Waals surface area contributed by atoms with Gasteiger partial charge in [0.25, 0.3) is 0 Å². The fourth-order valence-corrected chi connectivity index (χ4v) is 3.77. The Morgan fingerprint density at radius 3 is 2.42 bits per heavy atom. The number of nitrogens with one attached hydrogen (secondary N) is 1. The van der Waals surface area contributed by atoms with E-state index in [1.54, 1.807) is 0 Å². The van der Waals surface area contributed by atoms with E-state index < -0.39 is 0 Å². The number of hydrogen-bond acceptors (Lipinski definition) is 3. The maximum atomic E-state index is 9.64. The molecule has 0 saturated carbocycles. The van der Waals surface area contributed by atoms with Crippen LogP contribution in [0.2, 0.25) is 0 Å². The second kappa shape index (κ2) is 5.61. The average Bonchev–Trinajstić information content (AvgIpc) is 2.67. The lowest BCUT2D eigenvalue weighted by molar-refractivity contribution is 0.133. The van der Waals surface area contributed by atoms with Crippen molar-refractivity contribution in [3.05, 3.63) is 35.9 Å². The number of rotatable bonds is 4. The van der Waals surface area contributed by atoms with Gasteiger partial charge in [0.1, 0.15) is 0 Å². The second-order valence-electron chi connectivity index (χ2n) is 6.03. The van der Waals surface area contributed by atoms with Crippen LogP contribution in [0.25, 0.3) is 0 Å². The fraction of sp³-hybridized carbons (Fsp3) is 0.625. The Hall–Kier alpha value is -0.900. The average molecular weight is 260 g/mol. The molecule has 2 N–H and O–H groups in total. The number of aliphatic hydroxyl groups excluding tert-OH is 1. The number of piperidine rings is 1. The molecule has 2 aliphatic heterocycles. The first-order valence-corrected chi connectivity index (χ1v) is 7.41. The summed E-state index contributed by atoms with van der Waals surface area (Å²) in [4.78, 5) is 2.55. The van der Waals surface area contributed by atoms with Crippen LogP contribution in [0.1, 0.15) is 37.3 Å². The molecule has 1 aromatic carbocycles. The van der Waals surface area contributed by atoms with Crippen molar-refractivity contribution in [2.24, 2.45) is 0 Å². The van der Waals surface area contributed by atoms with Crippen molar-refractivity contribution in [2.75, 3.05) is 13.7 Å². The molecule has 0 aromatic heterocycles. The molecular formula is C16H24N2O. The van der Waals surface area contributed by atoms with Crippen molar-refractivity contribution in [3.8, 4) is 0 Å². The van der Waals surface area contributed by atoms with Crippen LogP contribution in [0.15, 0.2) is 30.3 Å². The Kier molecular flexibility index (Phi) is 3.87. The van der Waals surface area contributed by atoms with E-state index in [1.807, 2.05) is 18.2 Å². The van der Waals surface area contributed by atoms with Crippen molar-refractivity contribution in [1.29, 1.82) is 0 Å². The summed E-state index contributed by atoms with van der Waals surface area (Å²) in [5.74, 6) is 0. The van der Waals surface area contributed by atoms with Crippen molar-refractivity contribution < 1.29 is 5.11 Å². The van der Waals surface area contributed by atoms with Gasteiger partial charge in [-0.2, -0.15) is 0 Å². The normalized spacial score (nSPS) is 32.4. The van der Waals surface area contributed by atoms with E-state index in [2.05, 4.69) is 29.4 Å². The maximum Gasteiger partial charge on any atom is 0.0626 e. The Labute approximate surface area is 115 Å². The largest absolute Gasteiger partial charge is 0.394 e. The molecule has 104 valence electrons. The highest BCUT2D eigenvalue weighted by Gasteiger charge is 2.38. The summed E-state index contributed by atoms with van der Waals surface area (Å²) in [5, 5.41) is 13.3. The van der Waals surface area contributed by atoms with Gasteiger partial charge in [0.05, 0.1) is 12.6 Å². The van der Waals surface area contributed by atoms with E-state index in [-0.39, 0.29) is 12.6 Å². The first-order chi connectivity index (χ1) is 9.28. The molecule has 19 heavy (non-hydrogen) atoms. The molecule has 1 aromatic rings. The van der Waals surface area contributed by atoms with Crippen LogP contribution in [-0.2, 0) is 0 Å². The molecule has 3 nitrogen and oxygen atoms in total. The molecule has 2 bridgehead atoms. The molecule has 0 radical (unpaired) electrons. The maximum absolute atomic E-state index is 9.64. The fourth-order valence-electron chi connectivity index (χ4n) is 3.77. The smallest absolute Gasteiger partial charge is 0.0626 e. The summed E-state index contributed by atoms with van der Waals surface area (Å²) in [6.45, 7) is 0.172. The Morgan fingerprint density at radius 2 is 1.84 bits per heavy atom. The highest BCUT2D eigenvalue weighted by molar-refractivity contribution is 5.19. The number of benzene rings is 1. The minimum absolute atomic E-state index is 0.0778. The topological polar surface area (TPSA) is 35.5 Å². The number of aliphatic hydroxyl groups is 1. The predicted molar refractivity (Wildman–Crippen MR) is 77.0 cm³/mol. The molecule has 3 atom stereocenters. The van der Waals surface area contributed by atoms with Crippen molar-refractivity contribution in [1.82, 2.24) is 10.2 Å². The first-order valence-electron chi connectivity index (χ1n) is 7.41. The van der Waals surface area contributed by atoms with Crippen molar-refractivity contribution in [2.45, 2.75) is 49.9 Å². The zero-order valence-corrected chi connectivity index (χ0v) is 11.6. The van der Waals surface area contributed by atoms with Crippen LogP contribution in [0.4, 0.5) is 0 Å². The molecule has 0 aliphatic carbocycles. The van der Waals surface area contributed by atoms with Crippen LogP contribution in [0, 0.1) is 0 Å². The van der Waals surface area contributed by atoms with E-state index in [9.17, 15) is 5.11 Å². The van der Waals surface area contributed by atoms with Gasteiger partial charge in [-0.3, -0.25) is 0 Å². The molecule has 2 unspecified atom stereocenters. The summed E-state index contributed by atoms with van der Waals surface area (Å²) >= 11 is 0. The zero-order chi connectivity index (χ0) is 13.2. The minimum atomic E-state index is 0.0778. The quantitative estimate of drug-likeness (QED) is 0.868. The van der Waals surface area contributed by atoms with Gasteiger partial charge in [-0.15, -0.1) is 0 Å². The molecule has 0 amide bonds. The molecule has 2 fully saturated rings. The molecule has 2 saturated heterocycles. The van der Waals surface area contributed by atoms with E-state index in [4.69, 9.17) is 0 Å². The van der Waals surface area contributed by atoms with Gasteiger partial charge in [-0.05, 0) is 38.3 Å². The summed E-state index contributed by atoms with van der Waals surface area (Å²) in [5.41, 5.74) is 1.19. The second-order valence-corrected chi connectivity index (χ2v) is 6.03. The number of nitrogens with zero attached hydrogens (tertiary/aromatic N) is 1. The molecule has 3 heteroatoms. The zero-order valence-electron chi connectivity index (χ0n) is 11.6. The van der Waals surface area contributed by atoms with Gasteiger partial charge in [0.15, 0.2) is 0 Å². The Bertz CT molecular complexity index is 394. The van der Waals surface area contributed by atoms with Crippen LogP contribution < -0.4 is 5.32 Å². The SMILES string of the molecule is CN1C2CCC1CC(N[C@@H](CO)c1ccccc1)C2. The highest BCUT2D eigenvalue weighted by Crippen LogP contribution is 2.34. The lowest BCUT2D eigenvalue weighted by Crippen LogP contribution is -2.48. The number of hydrogen-bond donors (Lipinski definition) is 2. The predicted octanol–water partition coefficient (Wildman–Crippen LogP) is 1.93. The van der Waals surface area contributed by atoms with Gasteiger partial charge in [0, 0.05) is 18.1 Å². The molecule has 2 heterocycles. The Morgan fingerprint density at radius 1 is 1.21 bits per heavy atom. The van der Waals surface area contributed by atoms with Gasteiger partial charge < -0.3 is 15.3 Å². The lowest BCUT2D eigenvalue weighted by Gasteiger charge is -2.38. The monoisotopic (exact) mass is 260 g/mol. The summed E-state index contributed by atoms with van der Waals surface area (Å²) in [7, 11) is 2.26. The van der Waals surface area contributed by atoms with Crippen LogP contribution in [0.3, 0.4) is 0 Å². The lowest BCUT2D eigenvalue weighted by atomic mass is 9.96. The molecule has 0 spiro atoms. The molecule has 3 rings (SSSR count). The number of fused-ring (bicyclic) bond motifs is 2. The van der Waals surface area contributed by atoms with Gasteiger partial charge in [0.2, 0.25) is 0 Å². The summed E-state index contributed by atoms with van der Waals surface area (Å²) in [6, 6.07) is 12.4. The minimum Gasteiger partial charge on any atom is -0.394 e.